The number of hydrogen-bond acceptors (Lipinski definition) is 6. The fourth-order valence-electron chi connectivity index (χ4n) is 2.33. The second kappa shape index (κ2) is 6.04. The lowest BCUT2D eigenvalue weighted by Gasteiger charge is -2.06. The van der Waals surface area contributed by atoms with E-state index in [1.807, 2.05) is 30.3 Å². The monoisotopic (exact) mass is 341 g/mol. The molecular formula is C16H15N5O2S. The molecule has 3 aromatic rings. The van der Waals surface area contributed by atoms with Crippen LogP contribution in [0.2, 0.25) is 0 Å². The standard InChI is InChI=1S/C16H15N5O2S/c1-23-13-9-12(21(20-13)11-5-3-2-4-6-11)14(22)17-16-19-18-15(24-16)10-7-8-10/h2-6,9-10H,7-8H2,1H3,(H,17,19,22). The molecule has 7 nitrogen and oxygen atoms in total. The van der Waals surface area contributed by atoms with Gasteiger partial charge < -0.3 is 4.74 Å². The van der Waals surface area contributed by atoms with Crippen molar-refractivity contribution < 1.29 is 9.53 Å². The lowest BCUT2D eigenvalue weighted by Crippen LogP contribution is -2.16. The van der Waals surface area contributed by atoms with Gasteiger partial charge in [0.05, 0.1) is 12.8 Å². The van der Waals surface area contributed by atoms with Crippen molar-refractivity contribution in [1.82, 2.24) is 20.0 Å². The molecule has 1 aromatic carbocycles. The zero-order chi connectivity index (χ0) is 16.5. The number of carbonyl (C=O) groups is 1. The average Bonchev–Trinajstić information content (AvgIpc) is 3.20. The summed E-state index contributed by atoms with van der Waals surface area (Å²) in [5, 5.41) is 16.8. The number of hydrogen-bond donors (Lipinski definition) is 1. The minimum atomic E-state index is -0.298. The number of para-hydroxylation sites is 1. The van der Waals surface area contributed by atoms with Gasteiger partial charge in [0, 0.05) is 12.0 Å². The van der Waals surface area contributed by atoms with Gasteiger partial charge in [0.15, 0.2) is 0 Å². The Kier molecular flexibility index (Phi) is 3.73. The van der Waals surface area contributed by atoms with E-state index < -0.39 is 0 Å². The molecule has 1 saturated carbocycles. The van der Waals surface area contributed by atoms with Crippen molar-refractivity contribution in [1.29, 1.82) is 0 Å². The number of carbonyl (C=O) groups excluding carboxylic acids is 1. The van der Waals surface area contributed by atoms with Crippen LogP contribution in [0.3, 0.4) is 0 Å². The van der Waals surface area contributed by atoms with Crippen molar-refractivity contribution in [2.45, 2.75) is 18.8 Å². The Bertz CT molecular complexity index is 870. The largest absolute Gasteiger partial charge is 0.480 e. The summed E-state index contributed by atoms with van der Waals surface area (Å²) >= 11 is 1.43. The number of nitrogens with zero attached hydrogens (tertiary/aromatic N) is 4. The van der Waals surface area contributed by atoms with Gasteiger partial charge in [0.25, 0.3) is 5.91 Å². The van der Waals surface area contributed by atoms with Crippen molar-refractivity contribution in [2.75, 3.05) is 12.4 Å². The van der Waals surface area contributed by atoms with Gasteiger partial charge in [-0.15, -0.1) is 15.3 Å². The molecule has 8 heteroatoms. The highest BCUT2D eigenvalue weighted by atomic mass is 32.1. The van der Waals surface area contributed by atoms with Crippen LogP contribution in [0.4, 0.5) is 5.13 Å². The van der Waals surface area contributed by atoms with Crippen LogP contribution in [0, 0.1) is 0 Å². The Labute approximate surface area is 142 Å². The van der Waals surface area contributed by atoms with Crippen LogP contribution in [0.15, 0.2) is 36.4 Å². The number of amides is 1. The van der Waals surface area contributed by atoms with E-state index >= 15 is 0 Å². The van der Waals surface area contributed by atoms with Crippen LogP contribution < -0.4 is 10.1 Å². The molecule has 1 amide bonds. The average molecular weight is 341 g/mol. The predicted octanol–water partition coefficient (Wildman–Crippen LogP) is 2.86. The first kappa shape index (κ1) is 14.8. The molecule has 1 fully saturated rings. The summed E-state index contributed by atoms with van der Waals surface area (Å²) in [5.74, 6) is 0.594. The molecule has 1 aliphatic carbocycles. The van der Waals surface area contributed by atoms with Gasteiger partial charge in [0.1, 0.15) is 10.7 Å². The summed E-state index contributed by atoms with van der Waals surface area (Å²) in [6.45, 7) is 0. The van der Waals surface area contributed by atoms with Gasteiger partial charge in [-0.2, -0.15) is 0 Å². The van der Waals surface area contributed by atoms with Crippen LogP contribution in [0.25, 0.3) is 5.69 Å². The summed E-state index contributed by atoms with van der Waals surface area (Å²) in [6, 6.07) is 11.0. The molecule has 122 valence electrons. The smallest absolute Gasteiger partial charge is 0.276 e. The zero-order valence-corrected chi connectivity index (χ0v) is 13.8. The Morgan fingerprint density at radius 3 is 2.79 bits per heavy atom. The Morgan fingerprint density at radius 1 is 1.29 bits per heavy atom. The summed E-state index contributed by atoms with van der Waals surface area (Å²) in [4.78, 5) is 12.6. The summed E-state index contributed by atoms with van der Waals surface area (Å²) < 4.78 is 6.72. The molecule has 0 bridgehead atoms. The number of anilines is 1. The lowest BCUT2D eigenvalue weighted by molar-refractivity contribution is 0.101. The fourth-order valence-corrected chi connectivity index (χ4v) is 3.24. The summed E-state index contributed by atoms with van der Waals surface area (Å²) in [6.07, 6.45) is 2.31. The highest BCUT2D eigenvalue weighted by Crippen LogP contribution is 2.42. The minimum Gasteiger partial charge on any atom is -0.480 e. The van der Waals surface area contributed by atoms with Gasteiger partial charge in [-0.3, -0.25) is 10.1 Å². The molecule has 4 rings (SSSR count). The second-order valence-electron chi connectivity index (χ2n) is 5.49. The topological polar surface area (TPSA) is 81.9 Å². The number of nitrogens with one attached hydrogen (secondary N) is 1. The van der Waals surface area contributed by atoms with Gasteiger partial charge >= 0.3 is 0 Å². The van der Waals surface area contributed by atoms with Gasteiger partial charge in [-0.1, -0.05) is 29.5 Å². The van der Waals surface area contributed by atoms with Gasteiger partial charge in [-0.25, -0.2) is 4.68 Å². The first-order valence-corrected chi connectivity index (χ1v) is 8.40. The number of benzene rings is 1. The molecule has 0 unspecified atom stereocenters. The molecule has 2 heterocycles. The van der Waals surface area contributed by atoms with E-state index in [1.54, 1.807) is 10.7 Å². The van der Waals surface area contributed by atoms with E-state index in [4.69, 9.17) is 4.74 Å². The Balaban J connectivity index is 1.62. The SMILES string of the molecule is COc1cc(C(=O)Nc2nnc(C3CC3)s2)n(-c2ccccc2)n1. The highest BCUT2D eigenvalue weighted by Gasteiger charge is 2.28. The molecule has 24 heavy (non-hydrogen) atoms. The first-order valence-electron chi connectivity index (χ1n) is 7.59. The molecule has 0 atom stereocenters. The predicted molar refractivity (Wildman–Crippen MR) is 90.0 cm³/mol. The van der Waals surface area contributed by atoms with E-state index in [9.17, 15) is 4.79 Å². The van der Waals surface area contributed by atoms with Crippen LogP contribution in [-0.2, 0) is 0 Å². The maximum Gasteiger partial charge on any atom is 0.276 e. The van der Waals surface area contributed by atoms with Gasteiger partial charge in [-0.05, 0) is 25.0 Å². The van der Waals surface area contributed by atoms with Crippen molar-refractivity contribution in [3.05, 3.63) is 47.1 Å². The second-order valence-corrected chi connectivity index (χ2v) is 6.50. The number of aromatic nitrogens is 4. The third-order valence-corrected chi connectivity index (χ3v) is 4.72. The molecule has 0 spiro atoms. The Hall–Kier alpha value is -2.74. The normalized spacial score (nSPS) is 13.7. The van der Waals surface area contributed by atoms with Crippen molar-refractivity contribution in [2.24, 2.45) is 0 Å². The van der Waals surface area contributed by atoms with Crippen LogP contribution in [0.1, 0.15) is 34.3 Å². The third-order valence-electron chi connectivity index (χ3n) is 3.72. The fraction of sp³-hybridized carbons (Fsp3) is 0.250. The van der Waals surface area contributed by atoms with Gasteiger partial charge in [0.2, 0.25) is 11.0 Å². The molecular weight excluding hydrogens is 326 g/mol. The lowest BCUT2D eigenvalue weighted by atomic mass is 10.3. The van der Waals surface area contributed by atoms with Crippen molar-refractivity contribution in [3.8, 4) is 11.6 Å². The van der Waals surface area contributed by atoms with E-state index in [2.05, 4.69) is 20.6 Å². The van der Waals surface area contributed by atoms with Crippen LogP contribution in [0.5, 0.6) is 5.88 Å². The van der Waals surface area contributed by atoms with E-state index in [0.29, 0.717) is 22.6 Å². The molecule has 0 aliphatic heterocycles. The van der Waals surface area contributed by atoms with Crippen LogP contribution in [-0.4, -0.2) is 33.0 Å². The number of ether oxygens (including phenoxy) is 1. The van der Waals surface area contributed by atoms with E-state index in [1.165, 1.54) is 18.4 Å². The molecule has 2 aromatic heterocycles. The van der Waals surface area contributed by atoms with E-state index in [-0.39, 0.29) is 5.91 Å². The quantitative estimate of drug-likeness (QED) is 0.772. The summed E-state index contributed by atoms with van der Waals surface area (Å²) in [7, 11) is 1.52. The molecule has 1 N–H and O–H groups in total. The molecule has 1 aliphatic rings. The van der Waals surface area contributed by atoms with Crippen LogP contribution >= 0.6 is 11.3 Å². The Morgan fingerprint density at radius 2 is 2.08 bits per heavy atom. The zero-order valence-electron chi connectivity index (χ0n) is 13.0. The number of rotatable bonds is 5. The third kappa shape index (κ3) is 2.88. The molecule has 0 radical (unpaired) electrons. The minimum absolute atomic E-state index is 0.298. The maximum absolute atomic E-state index is 12.6. The first-order chi connectivity index (χ1) is 11.7. The molecule has 0 saturated heterocycles. The highest BCUT2D eigenvalue weighted by molar-refractivity contribution is 7.15. The maximum atomic E-state index is 12.6. The van der Waals surface area contributed by atoms with Crippen molar-refractivity contribution >= 4 is 22.4 Å². The summed E-state index contributed by atoms with van der Waals surface area (Å²) in [5.41, 5.74) is 1.16. The van der Waals surface area contributed by atoms with E-state index in [0.717, 1.165) is 23.5 Å². The van der Waals surface area contributed by atoms with Crippen molar-refractivity contribution in [3.63, 3.8) is 0 Å². The number of methoxy groups -OCH3 is 1.